The molecular weight excluding hydrogens is 514 g/mol. The van der Waals surface area contributed by atoms with Crippen LogP contribution in [-0.2, 0) is 17.6 Å². The SMILES string of the molecule is O=C(NC(Cc1ccccc1)C(O)C(=O)NCCc1ccccc1)c1cccnc1-n1ccc(-c2ccccc2)n1. The number of rotatable bonds is 11. The lowest BCUT2D eigenvalue weighted by atomic mass is 10.00. The Morgan fingerprint density at radius 3 is 2.17 bits per heavy atom. The zero-order chi connectivity index (χ0) is 28.4. The number of nitrogens with zero attached hydrogens (tertiary/aromatic N) is 3. The maximum atomic E-state index is 13.6. The van der Waals surface area contributed by atoms with Crippen LogP contribution in [0.3, 0.4) is 0 Å². The number of hydrogen-bond donors (Lipinski definition) is 3. The molecule has 3 aromatic carbocycles. The van der Waals surface area contributed by atoms with Crippen LogP contribution in [0.2, 0.25) is 0 Å². The molecule has 2 atom stereocenters. The number of benzene rings is 3. The van der Waals surface area contributed by atoms with Gasteiger partial charge in [-0.2, -0.15) is 5.10 Å². The average molecular weight is 546 g/mol. The van der Waals surface area contributed by atoms with Crippen molar-refractivity contribution in [3.8, 4) is 17.1 Å². The van der Waals surface area contributed by atoms with Crippen LogP contribution in [0.25, 0.3) is 17.1 Å². The van der Waals surface area contributed by atoms with Gasteiger partial charge in [0.05, 0.1) is 17.3 Å². The summed E-state index contributed by atoms with van der Waals surface area (Å²) in [6.45, 7) is 0.363. The van der Waals surface area contributed by atoms with Crippen LogP contribution in [0.1, 0.15) is 21.5 Å². The molecule has 2 amide bonds. The van der Waals surface area contributed by atoms with Crippen LogP contribution in [0.4, 0.5) is 0 Å². The van der Waals surface area contributed by atoms with Gasteiger partial charge in [-0.15, -0.1) is 0 Å². The topological polar surface area (TPSA) is 109 Å². The summed E-state index contributed by atoms with van der Waals surface area (Å²) < 4.78 is 1.55. The number of amides is 2. The zero-order valence-electron chi connectivity index (χ0n) is 22.4. The Bertz CT molecular complexity index is 1570. The lowest BCUT2D eigenvalue weighted by Crippen LogP contribution is -2.52. The van der Waals surface area contributed by atoms with Gasteiger partial charge in [-0.25, -0.2) is 9.67 Å². The monoisotopic (exact) mass is 545 g/mol. The Labute approximate surface area is 238 Å². The molecule has 2 unspecified atom stereocenters. The lowest BCUT2D eigenvalue weighted by molar-refractivity contribution is -0.130. The highest BCUT2D eigenvalue weighted by atomic mass is 16.3. The Morgan fingerprint density at radius 2 is 1.46 bits per heavy atom. The normalized spacial score (nSPS) is 12.3. The van der Waals surface area contributed by atoms with E-state index in [1.807, 2.05) is 97.1 Å². The van der Waals surface area contributed by atoms with Crippen molar-refractivity contribution in [2.45, 2.75) is 25.0 Å². The van der Waals surface area contributed by atoms with Gasteiger partial charge in [0.15, 0.2) is 11.9 Å². The molecule has 0 aliphatic carbocycles. The highest BCUT2D eigenvalue weighted by Crippen LogP contribution is 2.19. The van der Waals surface area contributed by atoms with Crippen molar-refractivity contribution in [1.29, 1.82) is 0 Å². The van der Waals surface area contributed by atoms with Gasteiger partial charge in [-0.05, 0) is 42.2 Å². The van der Waals surface area contributed by atoms with Crippen molar-refractivity contribution in [2.24, 2.45) is 0 Å². The molecule has 5 rings (SSSR count). The van der Waals surface area contributed by atoms with Crippen molar-refractivity contribution >= 4 is 11.8 Å². The van der Waals surface area contributed by atoms with Crippen molar-refractivity contribution in [1.82, 2.24) is 25.4 Å². The summed E-state index contributed by atoms with van der Waals surface area (Å²) in [6, 6.07) is 33.2. The third-order valence-corrected chi connectivity index (χ3v) is 6.73. The van der Waals surface area contributed by atoms with E-state index in [9.17, 15) is 14.7 Å². The van der Waals surface area contributed by atoms with E-state index < -0.39 is 24.0 Å². The fraction of sp³-hybridized carbons (Fsp3) is 0.152. The molecule has 8 heteroatoms. The third kappa shape index (κ3) is 7.12. The molecule has 0 fully saturated rings. The van der Waals surface area contributed by atoms with Gasteiger partial charge in [0.25, 0.3) is 11.8 Å². The minimum atomic E-state index is -1.47. The molecule has 0 bridgehead atoms. The molecule has 8 nitrogen and oxygen atoms in total. The first-order valence-corrected chi connectivity index (χ1v) is 13.5. The Balaban J connectivity index is 1.33. The molecular formula is C33H31N5O3. The largest absolute Gasteiger partial charge is 0.381 e. The van der Waals surface area contributed by atoms with Crippen molar-refractivity contribution < 1.29 is 14.7 Å². The first-order valence-electron chi connectivity index (χ1n) is 13.5. The number of aromatic nitrogens is 3. The standard InChI is InChI=1S/C33H31N5O3/c39-30(33(41)35-21-18-24-11-4-1-5-12-24)29(23-25-13-6-2-7-14-25)36-32(40)27-17-10-20-34-31(27)38-22-19-28(37-38)26-15-8-3-9-16-26/h1-17,19-20,22,29-30,39H,18,21,23H2,(H,35,41)(H,36,40). The first-order chi connectivity index (χ1) is 20.1. The number of aliphatic hydroxyl groups is 1. The van der Waals surface area contributed by atoms with Crippen molar-refractivity contribution in [3.63, 3.8) is 0 Å². The van der Waals surface area contributed by atoms with Crippen LogP contribution >= 0.6 is 0 Å². The van der Waals surface area contributed by atoms with Crippen LogP contribution in [0.15, 0.2) is 122 Å². The van der Waals surface area contributed by atoms with Gasteiger partial charge < -0.3 is 15.7 Å². The summed E-state index contributed by atoms with van der Waals surface area (Å²) in [5, 5.41) is 21.4. The molecule has 0 saturated carbocycles. The van der Waals surface area contributed by atoms with E-state index in [1.165, 1.54) is 0 Å². The number of nitrogens with one attached hydrogen (secondary N) is 2. The number of pyridine rings is 1. The molecule has 0 radical (unpaired) electrons. The van der Waals surface area contributed by atoms with Crippen molar-refractivity contribution in [3.05, 3.63) is 138 Å². The molecule has 2 aromatic heterocycles. The summed E-state index contributed by atoms with van der Waals surface area (Å²) in [5.41, 5.74) is 3.91. The van der Waals surface area contributed by atoms with Gasteiger partial charge in [0.2, 0.25) is 0 Å². The van der Waals surface area contributed by atoms with E-state index in [4.69, 9.17) is 0 Å². The van der Waals surface area contributed by atoms with E-state index in [-0.39, 0.29) is 12.0 Å². The van der Waals surface area contributed by atoms with Crippen LogP contribution in [0, 0.1) is 0 Å². The maximum Gasteiger partial charge on any atom is 0.255 e. The number of hydrogen-bond acceptors (Lipinski definition) is 5. The molecule has 0 aliphatic rings. The second-order valence-corrected chi connectivity index (χ2v) is 9.63. The summed E-state index contributed by atoms with van der Waals surface area (Å²) >= 11 is 0. The highest BCUT2D eigenvalue weighted by molar-refractivity contribution is 5.97. The highest BCUT2D eigenvalue weighted by Gasteiger charge is 2.29. The summed E-state index contributed by atoms with van der Waals surface area (Å²) in [7, 11) is 0. The van der Waals surface area contributed by atoms with Gasteiger partial charge >= 0.3 is 0 Å². The second-order valence-electron chi connectivity index (χ2n) is 9.63. The van der Waals surface area contributed by atoms with Crippen molar-refractivity contribution in [2.75, 3.05) is 6.54 Å². The molecule has 0 saturated heterocycles. The molecule has 5 aromatic rings. The molecule has 0 aliphatic heterocycles. The van der Waals surface area contributed by atoms with E-state index in [1.54, 1.807) is 29.2 Å². The van der Waals surface area contributed by atoms with Gasteiger partial charge in [-0.1, -0.05) is 91.0 Å². The van der Waals surface area contributed by atoms with Gasteiger partial charge in [-0.3, -0.25) is 9.59 Å². The molecule has 41 heavy (non-hydrogen) atoms. The Hall–Kier alpha value is -5.08. The smallest absolute Gasteiger partial charge is 0.255 e. The van der Waals surface area contributed by atoms with Gasteiger partial charge in [0, 0.05) is 24.5 Å². The molecule has 2 heterocycles. The van der Waals surface area contributed by atoms with Crippen LogP contribution in [0.5, 0.6) is 0 Å². The minimum Gasteiger partial charge on any atom is -0.381 e. The number of carbonyl (C=O) groups excluding carboxylic acids is 2. The predicted octanol–water partition coefficient (Wildman–Crippen LogP) is 4.00. The van der Waals surface area contributed by atoms with E-state index >= 15 is 0 Å². The lowest BCUT2D eigenvalue weighted by Gasteiger charge is -2.24. The zero-order valence-corrected chi connectivity index (χ0v) is 22.4. The van der Waals surface area contributed by atoms with Crippen LogP contribution in [-0.4, -0.2) is 50.4 Å². The molecule has 3 N–H and O–H groups in total. The Morgan fingerprint density at radius 1 is 0.805 bits per heavy atom. The van der Waals surface area contributed by atoms with Gasteiger partial charge in [0.1, 0.15) is 0 Å². The van der Waals surface area contributed by atoms with Crippen LogP contribution < -0.4 is 10.6 Å². The summed E-state index contributed by atoms with van der Waals surface area (Å²) in [6.07, 6.45) is 2.76. The average Bonchev–Trinajstić information content (AvgIpc) is 3.52. The summed E-state index contributed by atoms with van der Waals surface area (Å²) in [5.74, 6) is -0.678. The fourth-order valence-electron chi connectivity index (χ4n) is 4.58. The first kappa shape index (κ1) is 27.5. The number of carbonyl (C=O) groups is 2. The quantitative estimate of drug-likeness (QED) is 0.233. The predicted molar refractivity (Wildman–Crippen MR) is 157 cm³/mol. The third-order valence-electron chi connectivity index (χ3n) is 6.73. The maximum absolute atomic E-state index is 13.6. The van der Waals surface area contributed by atoms with E-state index in [0.29, 0.717) is 18.8 Å². The Kier molecular flexibility index (Phi) is 8.93. The van der Waals surface area contributed by atoms with E-state index in [0.717, 1.165) is 22.4 Å². The molecule has 206 valence electrons. The fourth-order valence-corrected chi connectivity index (χ4v) is 4.58. The van der Waals surface area contributed by atoms with E-state index in [2.05, 4.69) is 20.7 Å². The number of aliphatic hydroxyl groups excluding tert-OH is 1. The second kappa shape index (κ2) is 13.3. The minimum absolute atomic E-state index is 0.259. The summed E-state index contributed by atoms with van der Waals surface area (Å²) in [4.78, 5) is 31.0. The molecule has 0 spiro atoms.